The molecule has 0 aromatic heterocycles. The van der Waals surface area contributed by atoms with Crippen LogP contribution in [0.2, 0.25) is 0 Å². The number of hydrogen-bond acceptors (Lipinski definition) is 3. The van der Waals surface area contributed by atoms with Crippen molar-refractivity contribution in [2.45, 2.75) is 51.8 Å². The Morgan fingerprint density at radius 1 is 1.41 bits per heavy atom. The summed E-state index contributed by atoms with van der Waals surface area (Å²) in [6.45, 7) is 7.07. The van der Waals surface area contributed by atoms with E-state index in [1.54, 1.807) is 0 Å². The molecule has 3 atom stereocenters. The standard InChI is InChI=1S/C18H28N2O2/c1-5-22-16-12-15(18(16,2)3)20(4)17(21)11-14(19)13-9-7-6-8-10-13/h6-10,14-16H,5,11-12,19H2,1-4H3. The van der Waals surface area contributed by atoms with E-state index in [1.807, 2.05) is 49.2 Å². The lowest BCUT2D eigenvalue weighted by Crippen LogP contribution is -2.62. The molecule has 4 nitrogen and oxygen atoms in total. The summed E-state index contributed by atoms with van der Waals surface area (Å²) in [6.07, 6.45) is 1.48. The lowest BCUT2D eigenvalue weighted by molar-refractivity contribution is -0.163. The summed E-state index contributed by atoms with van der Waals surface area (Å²) >= 11 is 0. The summed E-state index contributed by atoms with van der Waals surface area (Å²) in [5, 5.41) is 0. The van der Waals surface area contributed by atoms with Gasteiger partial charge in [0.1, 0.15) is 0 Å². The van der Waals surface area contributed by atoms with Crippen LogP contribution >= 0.6 is 0 Å². The van der Waals surface area contributed by atoms with Crippen molar-refractivity contribution in [1.82, 2.24) is 4.90 Å². The van der Waals surface area contributed by atoms with Crippen molar-refractivity contribution >= 4 is 5.91 Å². The number of rotatable bonds is 6. The second-order valence-corrected chi connectivity index (χ2v) is 6.74. The quantitative estimate of drug-likeness (QED) is 0.879. The Morgan fingerprint density at radius 2 is 2.05 bits per heavy atom. The zero-order chi connectivity index (χ0) is 16.3. The van der Waals surface area contributed by atoms with E-state index in [0.29, 0.717) is 6.42 Å². The second kappa shape index (κ2) is 6.80. The smallest absolute Gasteiger partial charge is 0.224 e. The van der Waals surface area contributed by atoms with Crippen LogP contribution in [-0.4, -0.2) is 36.6 Å². The highest BCUT2D eigenvalue weighted by Gasteiger charge is 2.51. The monoisotopic (exact) mass is 304 g/mol. The Morgan fingerprint density at radius 3 is 2.59 bits per heavy atom. The van der Waals surface area contributed by atoms with Gasteiger partial charge in [0.05, 0.1) is 6.10 Å². The van der Waals surface area contributed by atoms with Crippen LogP contribution < -0.4 is 5.73 Å². The van der Waals surface area contributed by atoms with Gasteiger partial charge in [-0.1, -0.05) is 44.2 Å². The summed E-state index contributed by atoms with van der Waals surface area (Å²) in [7, 11) is 1.88. The zero-order valence-corrected chi connectivity index (χ0v) is 14.1. The van der Waals surface area contributed by atoms with Gasteiger partial charge in [-0.15, -0.1) is 0 Å². The van der Waals surface area contributed by atoms with Crippen LogP contribution in [0.25, 0.3) is 0 Å². The van der Waals surface area contributed by atoms with Gasteiger partial charge in [0.15, 0.2) is 0 Å². The van der Waals surface area contributed by atoms with Crippen LogP contribution in [0.1, 0.15) is 45.2 Å². The van der Waals surface area contributed by atoms with Crippen molar-refractivity contribution in [3.63, 3.8) is 0 Å². The molecule has 0 radical (unpaired) electrons. The van der Waals surface area contributed by atoms with Crippen molar-refractivity contribution < 1.29 is 9.53 Å². The number of nitrogens with two attached hydrogens (primary N) is 1. The van der Waals surface area contributed by atoms with Crippen LogP contribution in [0.4, 0.5) is 0 Å². The maximum Gasteiger partial charge on any atom is 0.224 e. The molecule has 4 heteroatoms. The maximum atomic E-state index is 12.5. The molecule has 2 N–H and O–H groups in total. The molecule has 122 valence electrons. The van der Waals surface area contributed by atoms with Crippen molar-refractivity contribution in [3.8, 4) is 0 Å². The number of carbonyl (C=O) groups excluding carboxylic acids is 1. The molecule has 1 aromatic carbocycles. The van der Waals surface area contributed by atoms with E-state index in [4.69, 9.17) is 10.5 Å². The summed E-state index contributed by atoms with van der Waals surface area (Å²) in [5.74, 6) is 0.101. The normalized spacial score (nSPS) is 24.4. The van der Waals surface area contributed by atoms with Gasteiger partial charge >= 0.3 is 0 Å². The van der Waals surface area contributed by atoms with Gasteiger partial charge in [-0.3, -0.25) is 4.79 Å². The summed E-state index contributed by atoms with van der Waals surface area (Å²) in [6, 6.07) is 9.76. The molecule has 0 spiro atoms. The third-order valence-electron chi connectivity index (χ3n) is 4.98. The first-order valence-corrected chi connectivity index (χ1v) is 8.05. The lowest BCUT2D eigenvalue weighted by atomic mass is 9.63. The molecule has 1 amide bonds. The van der Waals surface area contributed by atoms with Gasteiger partial charge in [-0.25, -0.2) is 0 Å². The molecule has 3 unspecified atom stereocenters. The highest BCUT2D eigenvalue weighted by atomic mass is 16.5. The minimum absolute atomic E-state index is 0.00272. The largest absolute Gasteiger partial charge is 0.378 e. The van der Waals surface area contributed by atoms with Crippen LogP contribution in [0, 0.1) is 5.41 Å². The van der Waals surface area contributed by atoms with Crippen LogP contribution in [0.15, 0.2) is 30.3 Å². The average molecular weight is 304 g/mol. The van der Waals surface area contributed by atoms with Crippen LogP contribution in [0.5, 0.6) is 0 Å². The molecule has 1 aliphatic rings. The molecule has 1 fully saturated rings. The molecule has 22 heavy (non-hydrogen) atoms. The Kier molecular flexibility index (Phi) is 5.24. The first-order chi connectivity index (χ1) is 10.4. The van der Waals surface area contributed by atoms with Gasteiger partial charge < -0.3 is 15.4 Å². The third kappa shape index (κ3) is 3.33. The number of hydrogen-bond donors (Lipinski definition) is 1. The number of benzene rings is 1. The second-order valence-electron chi connectivity index (χ2n) is 6.74. The number of ether oxygens (including phenoxy) is 1. The fourth-order valence-electron chi connectivity index (χ4n) is 3.33. The molecule has 2 rings (SSSR count). The topological polar surface area (TPSA) is 55.6 Å². The number of amides is 1. The first-order valence-electron chi connectivity index (χ1n) is 8.05. The molecule has 0 aliphatic heterocycles. The van der Waals surface area contributed by atoms with Gasteiger partial charge in [-0.2, -0.15) is 0 Å². The van der Waals surface area contributed by atoms with Crippen molar-refractivity contribution in [2.24, 2.45) is 11.1 Å². The fourth-order valence-corrected chi connectivity index (χ4v) is 3.33. The van der Waals surface area contributed by atoms with Crippen LogP contribution in [0.3, 0.4) is 0 Å². The van der Waals surface area contributed by atoms with E-state index in [9.17, 15) is 4.79 Å². The third-order valence-corrected chi connectivity index (χ3v) is 4.98. The van der Waals surface area contributed by atoms with E-state index in [1.165, 1.54) is 0 Å². The molecule has 0 heterocycles. The van der Waals surface area contributed by atoms with Gasteiger partial charge in [0.2, 0.25) is 5.91 Å². The predicted molar refractivity (Wildman–Crippen MR) is 88.4 cm³/mol. The summed E-state index contributed by atoms with van der Waals surface area (Å²) in [4.78, 5) is 14.4. The predicted octanol–water partition coefficient (Wildman–Crippen LogP) is 2.74. The van der Waals surface area contributed by atoms with E-state index < -0.39 is 0 Å². The fraction of sp³-hybridized carbons (Fsp3) is 0.611. The number of carbonyl (C=O) groups is 1. The minimum atomic E-state index is -0.248. The highest BCUT2D eigenvalue weighted by Crippen LogP contribution is 2.45. The Balaban J connectivity index is 1.93. The summed E-state index contributed by atoms with van der Waals surface area (Å²) in [5.41, 5.74) is 7.17. The molecule has 1 saturated carbocycles. The van der Waals surface area contributed by atoms with Crippen LogP contribution in [-0.2, 0) is 9.53 Å². The average Bonchev–Trinajstić information content (AvgIpc) is 2.51. The molecular weight excluding hydrogens is 276 g/mol. The lowest BCUT2D eigenvalue weighted by Gasteiger charge is -2.55. The SMILES string of the molecule is CCOC1CC(N(C)C(=O)CC(N)c2ccccc2)C1(C)C. The van der Waals surface area contributed by atoms with E-state index in [2.05, 4.69) is 13.8 Å². The van der Waals surface area contributed by atoms with Gasteiger partial charge in [0.25, 0.3) is 0 Å². The minimum Gasteiger partial charge on any atom is -0.378 e. The highest BCUT2D eigenvalue weighted by molar-refractivity contribution is 5.77. The van der Waals surface area contributed by atoms with Crippen molar-refractivity contribution in [2.75, 3.05) is 13.7 Å². The first kappa shape index (κ1) is 17.0. The Bertz CT molecular complexity index is 501. The van der Waals surface area contributed by atoms with Gasteiger partial charge in [-0.05, 0) is 18.9 Å². The van der Waals surface area contributed by atoms with E-state index in [0.717, 1.165) is 18.6 Å². The van der Waals surface area contributed by atoms with E-state index >= 15 is 0 Å². The molecule has 1 aromatic rings. The Labute approximate surface area is 133 Å². The van der Waals surface area contributed by atoms with E-state index in [-0.39, 0.29) is 29.5 Å². The van der Waals surface area contributed by atoms with Gasteiger partial charge in [0, 0.05) is 37.6 Å². The van der Waals surface area contributed by atoms with Crippen molar-refractivity contribution in [1.29, 1.82) is 0 Å². The van der Waals surface area contributed by atoms with Crippen molar-refractivity contribution in [3.05, 3.63) is 35.9 Å². The molecule has 0 bridgehead atoms. The maximum absolute atomic E-state index is 12.5. The summed E-state index contributed by atoms with van der Waals surface area (Å²) < 4.78 is 5.74. The molecule has 1 aliphatic carbocycles. The number of nitrogens with zero attached hydrogens (tertiary/aromatic N) is 1. The Hall–Kier alpha value is -1.39. The zero-order valence-electron chi connectivity index (χ0n) is 14.1. The molecular formula is C18H28N2O2. The molecule has 0 saturated heterocycles.